The summed E-state index contributed by atoms with van der Waals surface area (Å²) < 4.78 is 4.93. The first-order valence-corrected chi connectivity index (χ1v) is 3.78. The monoisotopic (exact) mass is 171 g/mol. The molecule has 0 bridgehead atoms. The van der Waals surface area contributed by atoms with Crippen LogP contribution in [0.3, 0.4) is 0 Å². The first kappa shape index (κ1) is 7.98. The summed E-state index contributed by atoms with van der Waals surface area (Å²) in [5.41, 5.74) is 1.22. The third-order valence-electron chi connectivity index (χ3n) is 1.53. The van der Waals surface area contributed by atoms with Crippen molar-refractivity contribution in [3.63, 3.8) is 0 Å². The molecule has 2 radical (unpaired) electrons. The second kappa shape index (κ2) is 3.01. The highest BCUT2D eigenvalue weighted by molar-refractivity contribution is 6.32. The number of hydrogen-bond donors (Lipinski definition) is 0. The first-order valence-electron chi connectivity index (χ1n) is 3.78. The lowest BCUT2D eigenvalue weighted by Crippen LogP contribution is -2.02. The van der Waals surface area contributed by atoms with Gasteiger partial charge in [-0.1, -0.05) is 16.7 Å². The molecule has 62 valence electrons. The van der Waals surface area contributed by atoms with Gasteiger partial charge < -0.3 is 4.52 Å². The zero-order valence-electron chi connectivity index (χ0n) is 7.06. The number of nitrogens with zero attached hydrogens (tertiary/aromatic N) is 3. The van der Waals surface area contributed by atoms with Gasteiger partial charge in [0.2, 0.25) is 0 Å². The fraction of sp³-hybridized carbons (Fsp3) is 0.125. The van der Waals surface area contributed by atoms with Crippen molar-refractivity contribution in [2.45, 2.75) is 6.92 Å². The largest absolute Gasteiger partial charge is 0.332 e. The van der Waals surface area contributed by atoms with E-state index in [2.05, 4.69) is 15.1 Å². The van der Waals surface area contributed by atoms with Crippen LogP contribution in [0.25, 0.3) is 11.6 Å². The van der Waals surface area contributed by atoms with Gasteiger partial charge in [-0.3, -0.25) is 4.98 Å². The molecule has 2 aromatic rings. The Labute approximate surface area is 76.4 Å². The fourth-order valence-electron chi connectivity index (χ4n) is 0.965. The van der Waals surface area contributed by atoms with E-state index in [0.29, 0.717) is 22.9 Å². The van der Waals surface area contributed by atoms with Crippen molar-refractivity contribution in [3.05, 3.63) is 24.2 Å². The molecule has 13 heavy (non-hydrogen) atoms. The van der Waals surface area contributed by atoms with E-state index in [-0.39, 0.29) is 0 Å². The van der Waals surface area contributed by atoms with Crippen LogP contribution in [0, 0.1) is 6.92 Å². The molecule has 0 saturated heterocycles. The van der Waals surface area contributed by atoms with Gasteiger partial charge in [0.1, 0.15) is 13.5 Å². The molecule has 0 unspecified atom stereocenters. The molecule has 0 N–H and O–H groups in total. The van der Waals surface area contributed by atoms with Gasteiger partial charge in [0.05, 0.1) is 0 Å². The van der Waals surface area contributed by atoms with Gasteiger partial charge in [-0.15, -0.1) is 0 Å². The van der Waals surface area contributed by atoms with Gasteiger partial charge in [-0.25, -0.2) is 0 Å². The summed E-state index contributed by atoms with van der Waals surface area (Å²) in [5, 5.41) is 3.66. The van der Waals surface area contributed by atoms with Gasteiger partial charge in [0.25, 0.3) is 5.89 Å². The van der Waals surface area contributed by atoms with Crippen molar-refractivity contribution in [1.29, 1.82) is 0 Å². The maximum atomic E-state index is 5.57. The topological polar surface area (TPSA) is 51.8 Å². The average Bonchev–Trinajstić information content (AvgIpc) is 2.52. The van der Waals surface area contributed by atoms with Crippen LogP contribution in [0.4, 0.5) is 0 Å². The smallest absolute Gasteiger partial charge is 0.276 e. The maximum Gasteiger partial charge on any atom is 0.276 e. The predicted octanol–water partition coefficient (Wildman–Crippen LogP) is 0.234. The quantitative estimate of drug-likeness (QED) is 0.576. The molecule has 2 heterocycles. The zero-order chi connectivity index (χ0) is 9.26. The predicted molar refractivity (Wildman–Crippen MR) is 47.7 cm³/mol. The standard InChI is InChI=1S/C8H6BN3O/c1-5-11-8(13-12-5)7-4-6(9)2-3-10-7/h2-4H,1H3. The summed E-state index contributed by atoms with van der Waals surface area (Å²) in [4.78, 5) is 8.07. The van der Waals surface area contributed by atoms with Crippen molar-refractivity contribution in [3.8, 4) is 11.6 Å². The van der Waals surface area contributed by atoms with Gasteiger partial charge in [-0.2, -0.15) is 4.98 Å². The van der Waals surface area contributed by atoms with Crippen molar-refractivity contribution < 1.29 is 4.52 Å². The summed E-state index contributed by atoms with van der Waals surface area (Å²) in [7, 11) is 5.57. The van der Waals surface area contributed by atoms with Gasteiger partial charge in [-0.05, 0) is 13.0 Å². The minimum atomic E-state index is 0.393. The van der Waals surface area contributed by atoms with Crippen LogP contribution in [0.5, 0.6) is 0 Å². The molecular formula is C8H6BN3O. The lowest BCUT2D eigenvalue weighted by molar-refractivity contribution is 0.424. The Morgan fingerprint density at radius 2 is 2.31 bits per heavy atom. The lowest BCUT2D eigenvalue weighted by atomic mass is 9.97. The molecule has 0 atom stereocenters. The van der Waals surface area contributed by atoms with E-state index in [0.717, 1.165) is 0 Å². The van der Waals surface area contributed by atoms with E-state index >= 15 is 0 Å². The molecule has 0 fully saturated rings. The van der Waals surface area contributed by atoms with Crippen molar-refractivity contribution in [2.75, 3.05) is 0 Å². The highest BCUT2D eigenvalue weighted by Crippen LogP contribution is 2.11. The van der Waals surface area contributed by atoms with Crippen LogP contribution in [-0.4, -0.2) is 23.0 Å². The van der Waals surface area contributed by atoms with E-state index in [4.69, 9.17) is 12.4 Å². The molecule has 0 aliphatic carbocycles. The van der Waals surface area contributed by atoms with Crippen molar-refractivity contribution in [2.24, 2.45) is 0 Å². The first-order chi connectivity index (χ1) is 6.25. The van der Waals surface area contributed by atoms with Gasteiger partial charge in [0.15, 0.2) is 5.82 Å². The Kier molecular flexibility index (Phi) is 1.85. The summed E-state index contributed by atoms with van der Waals surface area (Å²) in [6.07, 6.45) is 1.60. The van der Waals surface area contributed by atoms with E-state index < -0.39 is 0 Å². The average molecular weight is 171 g/mol. The van der Waals surface area contributed by atoms with E-state index in [1.807, 2.05) is 0 Å². The van der Waals surface area contributed by atoms with Crippen LogP contribution < -0.4 is 5.46 Å². The fourth-order valence-corrected chi connectivity index (χ4v) is 0.965. The molecule has 0 amide bonds. The molecule has 2 rings (SSSR count). The van der Waals surface area contributed by atoms with E-state index in [1.165, 1.54) is 0 Å². The molecule has 0 aromatic carbocycles. The normalized spacial score (nSPS) is 10.2. The summed E-state index contributed by atoms with van der Waals surface area (Å²) in [6, 6.07) is 3.39. The van der Waals surface area contributed by atoms with Crippen LogP contribution >= 0.6 is 0 Å². The molecule has 4 nitrogen and oxygen atoms in total. The van der Waals surface area contributed by atoms with Crippen LogP contribution in [0.15, 0.2) is 22.9 Å². The highest BCUT2D eigenvalue weighted by atomic mass is 16.5. The molecule has 0 saturated carbocycles. The Balaban J connectivity index is 2.46. The third kappa shape index (κ3) is 1.59. The Morgan fingerprint density at radius 3 is 2.92 bits per heavy atom. The Hall–Kier alpha value is -1.65. The van der Waals surface area contributed by atoms with Crippen LogP contribution in [-0.2, 0) is 0 Å². The summed E-state index contributed by atoms with van der Waals surface area (Å²) >= 11 is 0. The van der Waals surface area contributed by atoms with Crippen LogP contribution in [0.1, 0.15) is 5.82 Å². The molecule has 2 aromatic heterocycles. The van der Waals surface area contributed by atoms with Gasteiger partial charge >= 0.3 is 0 Å². The SMILES string of the molecule is [B]c1ccnc(-c2nc(C)no2)c1. The maximum absolute atomic E-state index is 5.57. The highest BCUT2D eigenvalue weighted by Gasteiger charge is 2.06. The molecule has 0 spiro atoms. The Morgan fingerprint density at radius 1 is 1.46 bits per heavy atom. The zero-order valence-corrected chi connectivity index (χ0v) is 7.06. The minimum absolute atomic E-state index is 0.393. The molecule has 0 aliphatic rings. The lowest BCUT2D eigenvalue weighted by Gasteiger charge is -1.93. The number of hydrogen-bond acceptors (Lipinski definition) is 4. The van der Waals surface area contributed by atoms with E-state index in [1.54, 1.807) is 25.3 Å². The second-order valence-corrected chi connectivity index (χ2v) is 2.62. The molecule has 0 aliphatic heterocycles. The number of aryl methyl sites for hydroxylation is 1. The summed E-state index contributed by atoms with van der Waals surface area (Å²) in [5.74, 6) is 0.976. The number of pyridine rings is 1. The van der Waals surface area contributed by atoms with Crippen molar-refractivity contribution >= 4 is 13.3 Å². The number of rotatable bonds is 1. The van der Waals surface area contributed by atoms with Gasteiger partial charge in [0, 0.05) is 6.20 Å². The minimum Gasteiger partial charge on any atom is -0.332 e. The number of aromatic nitrogens is 3. The second-order valence-electron chi connectivity index (χ2n) is 2.62. The third-order valence-corrected chi connectivity index (χ3v) is 1.53. The Bertz CT molecular complexity index is 427. The van der Waals surface area contributed by atoms with Crippen LogP contribution in [0.2, 0.25) is 0 Å². The van der Waals surface area contributed by atoms with Crippen molar-refractivity contribution in [1.82, 2.24) is 15.1 Å². The van der Waals surface area contributed by atoms with E-state index in [9.17, 15) is 0 Å². The molecular weight excluding hydrogens is 165 g/mol. The summed E-state index contributed by atoms with van der Waals surface area (Å²) in [6.45, 7) is 1.75. The molecule has 5 heteroatoms.